The highest BCUT2D eigenvalue weighted by Crippen LogP contribution is 2.19. The van der Waals surface area contributed by atoms with E-state index < -0.39 is 0 Å². The van der Waals surface area contributed by atoms with Crippen molar-refractivity contribution in [2.45, 2.75) is 20.3 Å². The van der Waals surface area contributed by atoms with Crippen molar-refractivity contribution in [1.82, 2.24) is 9.97 Å². The van der Waals surface area contributed by atoms with Crippen LogP contribution in [-0.2, 0) is 6.42 Å². The van der Waals surface area contributed by atoms with Crippen molar-refractivity contribution in [3.8, 4) is 11.4 Å². The summed E-state index contributed by atoms with van der Waals surface area (Å²) < 4.78 is 1.22. The summed E-state index contributed by atoms with van der Waals surface area (Å²) in [7, 11) is 0. The van der Waals surface area contributed by atoms with E-state index >= 15 is 0 Å². The third kappa shape index (κ3) is 3.19. The van der Waals surface area contributed by atoms with E-state index in [1.165, 1.54) is 3.57 Å². The fourth-order valence-electron chi connectivity index (χ4n) is 1.68. The summed E-state index contributed by atoms with van der Waals surface area (Å²) in [4.78, 5) is 9.13. The molecule has 3 nitrogen and oxygen atoms in total. The van der Waals surface area contributed by atoms with E-state index in [0.29, 0.717) is 0 Å². The summed E-state index contributed by atoms with van der Waals surface area (Å²) in [6.45, 7) is 5.04. The van der Waals surface area contributed by atoms with Crippen LogP contribution in [0.3, 0.4) is 0 Å². The molecule has 0 saturated heterocycles. The number of benzene rings is 1. The molecule has 1 aromatic heterocycles. The van der Waals surface area contributed by atoms with Crippen LogP contribution in [0.15, 0.2) is 30.3 Å². The normalized spacial score (nSPS) is 10.4. The molecule has 18 heavy (non-hydrogen) atoms. The number of nitrogens with zero attached hydrogens (tertiary/aromatic N) is 2. The molecule has 4 heteroatoms. The maximum atomic E-state index is 4.58. The second kappa shape index (κ2) is 6.13. The van der Waals surface area contributed by atoms with E-state index in [9.17, 15) is 0 Å². The van der Waals surface area contributed by atoms with Crippen molar-refractivity contribution < 1.29 is 0 Å². The Hall–Kier alpha value is -1.17. The molecule has 0 fully saturated rings. The van der Waals surface area contributed by atoms with Crippen LogP contribution in [0, 0.1) is 3.57 Å². The van der Waals surface area contributed by atoms with Crippen molar-refractivity contribution in [3.05, 3.63) is 39.6 Å². The van der Waals surface area contributed by atoms with Crippen molar-refractivity contribution in [2.24, 2.45) is 0 Å². The molecular formula is C14H16IN3. The molecule has 0 aliphatic carbocycles. The molecule has 2 aromatic rings. The molecule has 2 rings (SSSR count). The standard InChI is InChI=1S/C14H16IN3/c1-3-12-9-13(16-4-2)18-14(17-12)10-5-7-11(15)8-6-10/h5-9H,3-4H2,1-2H3,(H,16,17,18). The zero-order valence-corrected chi connectivity index (χ0v) is 12.7. The van der Waals surface area contributed by atoms with Gasteiger partial charge in [-0.25, -0.2) is 9.97 Å². The molecule has 1 aromatic carbocycles. The number of aryl methyl sites for hydroxylation is 1. The average molecular weight is 353 g/mol. The van der Waals surface area contributed by atoms with Crippen LogP contribution in [0.25, 0.3) is 11.4 Å². The zero-order valence-electron chi connectivity index (χ0n) is 10.6. The number of aromatic nitrogens is 2. The van der Waals surface area contributed by atoms with Gasteiger partial charge in [-0.1, -0.05) is 19.1 Å². The number of hydrogen-bond donors (Lipinski definition) is 1. The second-order valence-corrected chi connectivity index (χ2v) is 5.20. The van der Waals surface area contributed by atoms with Crippen molar-refractivity contribution in [2.75, 3.05) is 11.9 Å². The van der Waals surface area contributed by atoms with Crippen LogP contribution in [-0.4, -0.2) is 16.5 Å². The number of anilines is 1. The summed E-state index contributed by atoms with van der Waals surface area (Å²) >= 11 is 2.30. The quantitative estimate of drug-likeness (QED) is 0.851. The lowest BCUT2D eigenvalue weighted by molar-refractivity contribution is 0.998. The van der Waals surface area contributed by atoms with Gasteiger partial charge in [0, 0.05) is 27.4 Å². The lowest BCUT2D eigenvalue weighted by Gasteiger charge is -2.08. The molecule has 0 bridgehead atoms. The fourth-order valence-corrected chi connectivity index (χ4v) is 2.04. The lowest BCUT2D eigenvalue weighted by atomic mass is 10.2. The molecule has 0 unspecified atom stereocenters. The number of rotatable bonds is 4. The van der Waals surface area contributed by atoms with Gasteiger partial charge >= 0.3 is 0 Å². The van der Waals surface area contributed by atoms with E-state index in [4.69, 9.17) is 0 Å². The largest absolute Gasteiger partial charge is 0.370 e. The highest BCUT2D eigenvalue weighted by atomic mass is 127. The zero-order chi connectivity index (χ0) is 13.0. The van der Waals surface area contributed by atoms with Gasteiger partial charge in [-0.3, -0.25) is 0 Å². The third-order valence-corrected chi connectivity index (χ3v) is 3.32. The monoisotopic (exact) mass is 353 g/mol. The van der Waals surface area contributed by atoms with E-state index in [1.807, 2.05) is 6.07 Å². The Bertz CT molecular complexity index is 523. The van der Waals surface area contributed by atoms with E-state index in [0.717, 1.165) is 35.9 Å². The minimum atomic E-state index is 0.793. The van der Waals surface area contributed by atoms with E-state index in [-0.39, 0.29) is 0 Å². The van der Waals surface area contributed by atoms with Crippen LogP contribution in [0.4, 0.5) is 5.82 Å². The maximum absolute atomic E-state index is 4.58. The Morgan fingerprint density at radius 2 is 1.83 bits per heavy atom. The molecule has 0 aliphatic rings. The first-order chi connectivity index (χ1) is 8.72. The smallest absolute Gasteiger partial charge is 0.161 e. The van der Waals surface area contributed by atoms with Crippen LogP contribution < -0.4 is 5.32 Å². The highest BCUT2D eigenvalue weighted by molar-refractivity contribution is 14.1. The second-order valence-electron chi connectivity index (χ2n) is 3.96. The summed E-state index contributed by atoms with van der Waals surface area (Å²) in [5.74, 6) is 1.69. The topological polar surface area (TPSA) is 37.8 Å². The first-order valence-corrected chi connectivity index (χ1v) is 7.18. The van der Waals surface area contributed by atoms with Gasteiger partial charge in [0.2, 0.25) is 0 Å². The molecule has 94 valence electrons. The Morgan fingerprint density at radius 3 is 2.44 bits per heavy atom. The van der Waals surface area contributed by atoms with Crippen LogP contribution in [0.1, 0.15) is 19.5 Å². The predicted octanol–water partition coefficient (Wildman–Crippen LogP) is 3.74. The van der Waals surface area contributed by atoms with Gasteiger partial charge in [0.15, 0.2) is 5.82 Å². The number of halogens is 1. The van der Waals surface area contributed by atoms with Crippen LogP contribution in [0.5, 0.6) is 0 Å². The molecule has 0 spiro atoms. The van der Waals surface area contributed by atoms with Gasteiger partial charge in [-0.2, -0.15) is 0 Å². The summed E-state index contributed by atoms with van der Waals surface area (Å²) in [5, 5.41) is 3.25. The van der Waals surface area contributed by atoms with Crippen LogP contribution >= 0.6 is 22.6 Å². The molecule has 0 radical (unpaired) electrons. The average Bonchev–Trinajstić information content (AvgIpc) is 2.39. The molecule has 0 amide bonds. The SMILES string of the molecule is CCNc1cc(CC)nc(-c2ccc(I)cc2)n1. The minimum absolute atomic E-state index is 0.793. The summed E-state index contributed by atoms with van der Waals surface area (Å²) in [6.07, 6.45) is 0.915. The Morgan fingerprint density at radius 1 is 1.11 bits per heavy atom. The first kappa shape index (κ1) is 13.3. The van der Waals surface area contributed by atoms with Gasteiger partial charge in [0.1, 0.15) is 5.82 Å². The Kier molecular flexibility index (Phi) is 4.52. The third-order valence-electron chi connectivity index (χ3n) is 2.60. The van der Waals surface area contributed by atoms with E-state index in [2.05, 4.69) is 76.0 Å². The molecule has 1 heterocycles. The fraction of sp³-hybridized carbons (Fsp3) is 0.286. The van der Waals surface area contributed by atoms with Gasteiger partial charge in [-0.05, 0) is 48.1 Å². The van der Waals surface area contributed by atoms with Gasteiger partial charge in [0.05, 0.1) is 0 Å². The number of nitrogens with one attached hydrogen (secondary N) is 1. The minimum Gasteiger partial charge on any atom is -0.370 e. The molecule has 0 atom stereocenters. The van der Waals surface area contributed by atoms with Crippen molar-refractivity contribution >= 4 is 28.4 Å². The Balaban J connectivity index is 2.42. The maximum Gasteiger partial charge on any atom is 0.161 e. The highest BCUT2D eigenvalue weighted by Gasteiger charge is 2.05. The van der Waals surface area contributed by atoms with E-state index in [1.54, 1.807) is 0 Å². The summed E-state index contributed by atoms with van der Waals surface area (Å²) in [6, 6.07) is 10.3. The molecule has 1 N–H and O–H groups in total. The lowest BCUT2D eigenvalue weighted by Crippen LogP contribution is -2.03. The van der Waals surface area contributed by atoms with Gasteiger partial charge < -0.3 is 5.32 Å². The Labute approximate surface area is 121 Å². The predicted molar refractivity (Wildman–Crippen MR) is 83.7 cm³/mol. The van der Waals surface area contributed by atoms with Crippen molar-refractivity contribution in [3.63, 3.8) is 0 Å². The molecular weight excluding hydrogens is 337 g/mol. The van der Waals surface area contributed by atoms with Crippen LogP contribution in [0.2, 0.25) is 0 Å². The summed E-state index contributed by atoms with van der Waals surface area (Å²) in [5.41, 5.74) is 2.12. The van der Waals surface area contributed by atoms with Gasteiger partial charge in [0.25, 0.3) is 0 Å². The number of hydrogen-bond acceptors (Lipinski definition) is 3. The first-order valence-electron chi connectivity index (χ1n) is 6.10. The molecule has 0 saturated carbocycles. The van der Waals surface area contributed by atoms with Crippen molar-refractivity contribution in [1.29, 1.82) is 0 Å². The van der Waals surface area contributed by atoms with Gasteiger partial charge in [-0.15, -0.1) is 0 Å². The molecule has 0 aliphatic heterocycles.